The second-order valence-corrected chi connectivity index (χ2v) is 9.11. The molecule has 1 aliphatic rings. The molecule has 1 aromatic carbocycles. The van der Waals surface area contributed by atoms with Crippen LogP contribution in [-0.4, -0.2) is 35.9 Å². The first-order valence-electron chi connectivity index (χ1n) is 9.49. The van der Waals surface area contributed by atoms with Crippen molar-refractivity contribution in [3.05, 3.63) is 41.2 Å². The number of hydrogen-bond donors (Lipinski definition) is 1. The van der Waals surface area contributed by atoms with Crippen LogP contribution in [0.5, 0.6) is 0 Å². The van der Waals surface area contributed by atoms with Crippen molar-refractivity contribution in [1.82, 2.24) is 14.8 Å². The van der Waals surface area contributed by atoms with Gasteiger partial charge in [-0.05, 0) is 31.7 Å². The van der Waals surface area contributed by atoms with Gasteiger partial charge in [-0.15, -0.1) is 10.2 Å². The molecule has 7 nitrogen and oxygen atoms in total. The zero-order valence-electron chi connectivity index (χ0n) is 16.0. The first-order valence-corrected chi connectivity index (χ1v) is 11.1. The topological polar surface area (TPSA) is 100 Å². The molecule has 148 valence electrons. The minimum Gasteiger partial charge on any atom is -0.376 e. The maximum Gasteiger partial charge on any atom is 0.250 e. The van der Waals surface area contributed by atoms with Crippen LogP contribution in [0.15, 0.2) is 29.4 Å². The standard InChI is InChI=1S/C19H28N4O3S/c1-3-6-17(20)18-21-22-19(23(18)12-16-9-5-10-26-16)27(24,25)13-15-8-4-7-14(2)11-15/h4,7-8,11,16-17H,3,5-6,9-10,12-13,20H2,1-2H3. The van der Waals surface area contributed by atoms with E-state index in [1.54, 1.807) is 4.57 Å². The monoisotopic (exact) mass is 392 g/mol. The third-order valence-corrected chi connectivity index (χ3v) is 6.38. The molecule has 2 aromatic rings. The summed E-state index contributed by atoms with van der Waals surface area (Å²) < 4.78 is 33.6. The molecule has 2 N–H and O–H groups in total. The van der Waals surface area contributed by atoms with E-state index in [0.29, 0.717) is 19.0 Å². The maximum atomic E-state index is 13.1. The van der Waals surface area contributed by atoms with Gasteiger partial charge >= 0.3 is 0 Å². The minimum absolute atomic E-state index is 0.0129. The van der Waals surface area contributed by atoms with Gasteiger partial charge in [-0.25, -0.2) is 8.42 Å². The van der Waals surface area contributed by atoms with E-state index in [4.69, 9.17) is 10.5 Å². The van der Waals surface area contributed by atoms with Gasteiger partial charge in [-0.3, -0.25) is 4.57 Å². The van der Waals surface area contributed by atoms with Crippen molar-refractivity contribution in [1.29, 1.82) is 0 Å². The lowest BCUT2D eigenvalue weighted by Crippen LogP contribution is -2.24. The van der Waals surface area contributed by atoms with E-state index >= 15 is 0 Å². The van der Waals surface area contributed by atoms with Crippen LogP contribution in [0.4, 0.5) is 0 Å². The number of hydrogen-bond acceptors (Lipinski definition) is 6. The van der Waals surface area contributed by atoms with Crippen molar-refractivity contribution < 1.29 is 13.2 Å². The average molecular weight is 393 g/mol. The first-order chi connectivity index (χ1) is 12.9. The fraction of sp³-hybridized carbons (Fsp3) is 0.579. The molecule has 2 atom stereocenters. The smallest absolute Gasteiger partial charge is 0.250 e. The summed E-state index contributed by atoms with van der Waals surface area (Å²) in [5, 5.41) is 8.18. The molecule has 1 aliphatic heterocycles. The first kappa shape index (κ1) is 20.0. The molecule has 3 rings (SSSR count). The van der Waals surface area contributed by atoms with E-state index in [1.807, 2.05) is 38.1 Å². The summed E-state index contributed by atoms with van der Waals surface area (Å²) in [5.74, 6) is 0.414. The Kier molecular flexibility index (Phi) is 6.29. The second-order valence-electron chi connectivity index (χ2n) is 7.23. The number of nitrogens with zero attached hydrogens (tertiary/aromatic N) is 3. The highest BCUT2D eigenvalue weighted by molar-refractivity contribution is 7.90. The summed E-state index contributed by atoms with van der Waals surface area (Å²) in [6, 6.07) is 7.15. The van der Waals surface area contributed by atoms with E-state index in [2.05, 4.69) is 10.2 Å². The molecule has 1 saturated heterocycles. The molecule has 2 unspecified atom stereocenters. The van der Waals surface area contributed by atoms with Gasteiger partial charge in [-0.1, -0.05) is 43.2 Å². The molecule has 2 heterocycles. The van der Waals surface area contributed by atoms with E-state index in [9.17, 15) is 8.42 Å². The third-order valence-electron chi connectivity index (χ3n) is 4.80. The maximum absolute atomic E-state index is 13.1. The van der Waals surface area contributed by atoms with Crippen LogP contribution >= 0.6 is 0 Å². The van der Waals surface area contributed by atoms with Crippen molar-refractivity contribution in [3.8, 4) is 0 Å². The lowest BCUT2D eigenvalue weighted by molar-refractivity contribution is 0.0936. The molecule has 0 aliphatic carbocycles. The summed E-state index contributed by atoms with van der Waals surface area (Å²) in [7, 11) is -3.65. The number of rotatable bonds is 8. The van der Waals surface area contributed by atoms with Gasteiger partial charge in [0, 0.05) is 6.61 Å². The second kappa shape index (κ2) is 8.50. The molecule has 1 fully saturated rings. The summed E-state index contributed by atoms with van der Waals surface area (Å²) in [4.78, 5) is 0. The Morgan fingerprint density at radius 3 is 2.85 bits per heavy atom. The summed E-state index contributed by atoms with van der Waals surface area (Å²) in [5.41, 5.74) is 8.01. The Bertz CT molecular complexity index is 873. The summed E-state index contributed by atoms with van der Waals surface area (Å²) in [6.45, 7) is 5.10. The molecule has 0 amide bonds. The molecular weight excluding hydrogens is 364 g/mol. The van der Waals surface area contributed by atoms with Crippen molar-refractivity contribution in [3.63, 3.8) is 0 Å². The van der Waals surface area contributed by atoms with Crippen LogP contribution in [0, 0.1) is 6.92 Å². The highest BCUT2D eigenvalue weighted by atomic mass is 32.2. The Labute approximate surface area is 160 Å². The molecule has 0 spiro atoms. The van der Waals surface area contributed by atoms with Gasteiger partial charge in [0.1, 0.15) is 0 Å². The van der Waals surface area contributed by atoms with Crippen LogP contribution < -0.4 is 5.73 Å². The molecule has 0 radical (unpaired) electrons. The van der Waals surface area contributed by atoms with E-state index in [1.165, 1.54) is 0 Å². The Hall–Kier alpha value is -1.77. The Morgan fingerprint density at radius 2 is 2.19 bits per heavy atom. The minimum atomic E-state index is -3.65. The van der Waals surface area contributed by atoms with Gasteiger partial charge in [-0.2, -0.15) is 0 Å². The van der Waals surface area contributed by atoms with Gasteiger partial charge in [0.25, 0.3) is 0 Å². The highest BCUT2D eigenvalue weighted by Crippen LogP contribution is 2.24. The largest absolute Gasteiger partial charge is 0.376 e. The number of nitrogens with two attached hydrogens (primary N) is 1. The molecule has 8 heteroatoms. The predicted molar refractivity (Wildman–Crippen MR) is 103 cm³/mol. The zero-order valence-corrected chi connectivity index (χ0v) is 16.8. The lowest BCUT2D eigenvalue weighted by atomic mass is 10.1. The van der Waals surface area contributed by atoms with E-state index in [-0.39, 0.29) is 23.1 Å². The van der Waals surface area contributed by atoms with Crippen molar-refractivity contribution in [2.24, 2.45) is 5.73 Å². The molecule has 1 aromatic heterocycles. The SMILES string of the molecule is CCCC(N)c1nnc(S(=O)(=O)Cc2cccc(C)c2)n1CC1CCCO1. The number of sulfone groups is 1. The van der Waals surface area contributed by atoms with Crippen molar-refractivity contribution in [2.75, 3.05) is 6.61 Å². The van der Waals surface area contributed by atoms with Gasteiger partial charge < -0.3 is 10.5 Å². The fourth-order valence-electron chi connectivity index (χ4n) is 3.49. The lowest BCUT2D eigenvalue weighted by Gasteiger charge is -2.17. The molecular formula is C19H28N4O3S. The average Bonchev–Trinajstić information content (AvgIpc) is 3.25. The van der Waals surface area contributed by atoms with Gasteiger partial charge in [0.15, 0.2) is 5.82 Å². The third kappa shape index (κ3) is 4.75. The van der Waals surface area contributed by atoms with Crippen LogP contribution in [0.1, 0.15) is 55.6 Å². The highest BCUT2D eigenvalue weighted by Gasteiger charge is 2.29. The number of ether oxygens (including phenoxy) is 1. The number of aryl methyl sites for hydroxylation is 1. The molecule has 0 bridgehead atoms. The zero-order chi connectivity index (χ0) is 19.4. The number of benzene rings is 1. The Balaban J connectivity index is 1.94. The predicted octanol–water partition coefficient (Wildman–Crippen LogP) is 2.54. The van der Waals surface area contributed by atoms with Crippen LogP contribution in [0.25, 0.3) is 0 Å². The van der Waals surface area contributed by atoms with Crippen LogP contribution in [-0.2, 0) is 26.9 Å². The van der Waals surface area contributed by atoms with E-state index in [0.717, 1.165) is 36.8 Å². The van der Waals surface area contributed by atoms with E-state index < -0.39 is 9.84 Å². The van der Waals surface area contributed by atoms with Gasteiger partial charge in [0.2, 0.25) is 15.0 Å². The van der Waals surface area contributed by atoms with Crippen LogP contribution in [0.2, 0.25) is 0 Å². The molecule has 27 heavy (non-hydrogen) atoms. The van der Waals surface area contributed by atoms with Crippen molar-refractivity contribution in [2.45, 2.75) is 69.1 Å². The Morgan fingerprint density at radius 1 is 1.37 bits per heavy atom. The fourth-order valence-corrected chi connectivity index (χ4v) is 4.91. The van der Waals surface area contributed by atoms with Gasteiger partial charge in [0.05, 0.1) is 24.4 Å². The quantitative estimate of drug-likeness (QED) is 0.741. The summed E-state index contributed by atoms with van der Waals surface area (Å²) >= 11 is 0. The van der Waals surface area contributed by atoms with Crippen molar-refractivity contribution >= 4 is 9.84 Å². The summed E-state index contributed by atoms with van der Waals surface area (Å²) in [6.07, 6.45) is 3.47. The normalized spacial score (nSPS) is 18.7. The van der Waals surface area contributed by atoms with Crippen LogP contribution in [0.3, 0.4) is 0 Å². The molecule has 0 saturated carbocycles. The number of aromatic nitrogens is 3.